The average molecular weight is 510 g/mol. The molecule has 0 aliphatic carbocycles. The first-order valence-corrected chi connectivity index (χ1v) is 12.6. The predicted molar refractivity (Wildman–Crippen MR) is 137 cm³/mol. The molecule has 0 saturated heterocycles. The lowest BCUT2D eigenvalue weighted by Crippen LogP contribution is -2.39. The minimum absolute atomic E-state index is 0.0450. The second-order valence-electron chi connectivity index (χ2n) is 7.68. The molecule has 3 aromatic rings. The average Bonchev–Trinajstić information content (AvgIpc) is 2.84. The Bertz CT molecular complexity index is 1340. The highest BCUT2D eigenvalue weighted by Gasteiger charge is 2.29. The highest BCUT2D eigenvalue weighted by Crippen LogP contribution is 2.32. The van der Waals surface area contributed by atoms with Crippen molar-refractivity contribution in [2.24, 2.45) is 5.10 Å². The van der Waals surface area contributed by atoms with Crippen LogP contribution in [0.25, 0.3) is 0 Å². The van der Waals surface area contributed by atoms with E-state index in [1.165, 1.54) is 25.3 Å². The van der Waals surface area contributed by atoms with E-state index in [1.807, 2.05) is 6.92 Å². The van der Waals surface area contributed by atoms with Crippen LogP contribution in [0.1, 0.15) is 25.0 Å². The third-order valence-electron chi connectivity index (χ3n) is 4.87. The van der Waals surface area contributed by atoms with Crippen molar-refractivity contribution >= 4 is 33.8 Å². The fourth-order valence-corrected chi connectivity index (χ4v) is 4.64. The molecular formula is C26H27N3O6S. The lowest BCUT2D eigenvalue weighted by molar-refractivity contribution is -0.131. The Kier molecular flexibility index (Phi) is 8.80. The maximum Gasteiger partial charge on any atom is 0.308 e. The molecule has 0 heterocycles. The lowest BCUT2D eigenvalue weighted by Gasteiger charge is -2.25. The summed E-state index contributed by atoms with van der Waals surface area (Å²) >= 11 is 0. The van der Waals surface area contributed by atoms with Crippen molar-refractivity contribution in [3.8, 4) is 11.5 Å². The number of aryl methyl sites for hydroxylation is 1. The first kappa shape index (κ1) is 26.4. The van der Waals surface area contributed by atoms with Gasteiger partial charge in [0.2, 0.25) is 0 Å². The van der Waals surface area contributed by atoms with Crippen LogP contribution < -0.4 is 19.2 Å². The number of hydrogen-bond donors (Lipinski definition) is 1. The summed E-state index contributed by atoms with van der Waals surface area (Å²) in [6.45, 7) is 4.74. The Morgan fingerprint density at radius 3 is 2.31 bits per heavy atom. The molecule has 188 valence electrons. The largest absolute Gasteiger partial charge is 0.492 e. The summed E-state index contributed by atoms with van der Waals surface area (Å²) < 4.78 is 38.7. The number of anilines is 1. The molecule has 0 spiro atoms. The zero-order chi connectivity index (χ0) is 26.1. The van der Waals surface area contributed by atoms with Gasteiger partial charge in [-0.3, -0.25) is 13.9 Å². The molecular weight excluding hydrogens is 482 g/mol. The number of nitrogens with zero attached hydrogens (tertiary/aromatic N) is 2. The van der Waals surface area contributed by atoms with Gasteiger partial charge in [-0.1, -0.05) is 29.8 Å². The standard InChI is InChI=1S/C26H27N3O6S/c1-4-34-25-8-6-5-7-24(25)29(36(32,33)23-15-9-19(2)10-16-23)18-26(31)28-27-17-21-11-13-22(14-12-21)35-20(3)30/h5-17H,4,18H2,1-3H3,(H,28,31)/b27-17-. The highest BCUT2D eigenvalue weighted by molar-refractivity contribution is 7.92. The number of hydrazone groups is 1. The Morgan fingerprint density at radius 2 is 1.67 bits per heavy atom. The smallest absolute Gasteiger partial charge is 0.308 e. The molecule has 1 N–H and O–H groups in total. The third-order valence-corrected chi connectivity index (χ3v) is 6.65. The molecule has 0 aliphatic heterocycles. The molecule has 0 atom stereocenters. The van der Waals surface area contributed by atoms with Crippen molar-refractivity contribution < 1.29 is 27.5 Å². The summed E-state index contributed by atoms with van der Waals surface area (Å²) in [5, 5.41) is 3.92. The van der Waals surface area contributed by atoms with Crippen LogP contribution in [0, 0.1) is 6.92 Å². The second kappa shape index (κ2) is 12.0. The van der Waals surface area contributed by atoms with Gasteiger partial charge in [0.25, 0.3) is 15.9 Å². The topological polar surface area (TPSA) is 114 Å². The number of carbonyl (C=O) groups is 2. The fraction of sp³-hybridized carbons (Fsp3) is 0.192. The number of rotatable bonds is 10. The van der Waals surface area contributed by atoms with E-state index in [0.29, 0.717) is 23.7 Å². The van der Waals surface area contributed by atoms with Crippen LogP contribution in [0.15, 0.2) is 82.8 Å². The van der Waals surface area contributed by atoms with Gasteiger partial charge in [-0.25, -0.2) is 13.8 Å². The van der Waals surface area contributed by atoms with Crippen LogP contribution in [0.5, 0.6) is 11.5 Å². The predicted octanol–water partition coefficient (Wildman–Crippen LogP) is 3.66. The van der Waals surface area contributed by atoms with Crippen molar-refractivity contribution in [2.45, 2.75) is 25.7 Å². The molecule has 1 amide bonds. The normalized spacial score (nSPS) is 11.2. The molecule has 0 bridgehead atoms. The van der Waals surface area contributed by atoms with Gasteiger partial charge in [0, 0.05) is 6.92 Å². The van der Waals surface area contributed by atoms with Gasteiger partial charge in [-0.15, -0.1) is 0 Å². The van der Waals surface area contributed by atoms with E-state index in [-0.39, 0.29) is 10.6 Å². The quantitative estimate of drug-likeness (QED) is 0.193. The van der Waals surface area contributed by atoms with Crippen LogP contribution in [-0.2, 0) is 19.6 Å². The molecule has 0 fully saturated rings. The van der Waals surface area contributed by atoms with E-state index in [1.54, 1.807) is 67.6 Å². The molecule has 36 heavy (non-hydrogen) atoms. The van der Waals surface area contributed by atoms with Crippen LogP contribution in [-0.4, -0.2) is 39.7 Å². The maximum atomic E-state index is 13.6. The van der Waals surface area contributed by atoms with E-state index in [0.717, 1.165) is 9.87 Å². The number of amides is 1. The zero-order valence-electron chi connectivity index (χ0n) is 20.2. The summed E-state index contributed by atoms with van der Waals surface area (Å²) in [5.74, 6) is -0.363. The van der Waals surface area contributed by atoms with Crippen molar-refractivity contribution in [1.29, 1.82) is 0 Å². The monoisotopic (exact) mass is 509 g/mol. The minimum atomic E-state index is -4.10. The minimum Gasteiger partial charge on any atom is -0.492 e. The number of hydrogen-bond acceptors (Lipinski definition) is 7. The van der Waals surface area contributed by atoms with E-state index in [2.05, 4.69) is 10.5 Å². The number of esters is 1. The zero-order valence-corrected chi connectivity index (χ0v) is 21.0. The lowest BCUT2D eigenvalue weighted by atomic mass is 10.2. The molecule has 0 aromatic heterocycles. The number of sulfonamides is 1. The Labute approximate surface area is 210 Å². The summed E-state index contributed by atoms with van der Waals surface area (Å²) in [6, 6.07) is 19.5. The van der Waals surface area contributed by atoms with Gasteiger partial charge in [0.1, 0.15) is 18.0 Å². The molecule has 10 heteroatoms. The Hall–Kier alpha value is -4.18. The van der Waals surface area contributed by atoms with E-state index in [9.17, 15) is 18.0 Å². The molecule has 3 rings (SSSR count). The molecule has 9 nitrogen and oxygen atoms in total. The summed E-state index contributed by atoms with van der Waals surface area (Å²) in [6.07, 6.45) is 1.39. The molecule has 3 aromatic carbocycles. The SMILES string of the molecule is CCOc1ccccc1N(CC(=O)N/N=C\c1ccc(OC(C)=O)cc1)S(=O)(=O)c1ccc(C)cc1. The van der Waals surface area contributed by atoms with E-state index in [4.69, 9.17) is 9.47 Å². The van der Waals surface area contributed by atoms with Crippen LogP contribution >= 0.6 is 0 Å². The van der Waals surface area contributed by atoms with Crippen molar-refractivity contribution in [3.05, 3.63) is 83.9 Å². The summed E-state index contributed by atoms with van der Waals surface area (Å²) in [7, 11) is -4.10. The highest BCUT2D eigenvalue weighted by atomic mass is 32.2. The Morgan fingerprint density at radius 1 is 1.00 bits per heavy atom. The molecule has 0 aliphatic rings. The fourth-order valence-electron chi connectivity index (χ4n) is 3.21. The number of para-hydroxylation sites is 2. The first-order chi connectivity index (χ1) is 17.2. The van der Waals surface area contributed by atoms with Gasteiger partial charge in [0.05, 0.1) is 23.4 Å². The maximum absolute atomic E-state index is 13.6. The van der Waals surface area contributed by atoms with Crippen molar-refractivity contribution in [3.63, 3.8) is 0 Å². The van der Waals surface area contributed by atoms with E-state index < -0.39 is 28.4 Å². The number of benzene rings is 3. The summed E-state index contributed by atoms with van der Waals surface area (Å²) in [5.41, 5.74) is 4.14. The van der Waals surface area contributed by atoms with Gasteiger partial charge < -0.3 is 9.47 Å². The third kappa shape index (κ3) is 6.92. The van der Waals surface area contributed by atoms with Crippen LogP contribution in [0.2, 0.25) is 0 Å². The van der Waals surface area contributed by atoms with Gasteiger partial charge in [-0.05, 0) is 67.9 Å². The first-order valence-electron chi connectivity index (χ1n) is 11.1. The molecule has 0 unspecified atom stereocenters. The molecule has 0 saturated carbocycles. The number of carbonyl (C=O) groups excluding carboxylic acids is 2. The Balaban J connectivity index is 1.83. The number of nitrogens with one attached hydrogen (secondary N) is 1. The summed E-state index contributed by atoms with van der Waals surface area (Å²) in [4.78, 5) is 23.8. The molecule has 0 radical (unpaired) electrons. The van der Waals surface area contributed by atoms with Gasteiger partial charge in [0.15, 0.2) is 0 Å². The second-order valence-corrected chi connectivity index (χ2v) is 9.54. The van der Waals surface area contributed by atoms with Gasteiger partial charge >= 0.3 is 5.97 Å². The van der Waals surface area contributed by atoms with E-state index >= 15 is 0 Å². The van der Waals surface area contributed by atoms with Gasteiger partial charge in [-0.2, -0.15) is 5.10 Å². The van der Waals surface area contributed by atoms with Crippen molar-refractivity contribution in [2.75, 3.05) is 17.5 Å². The van der Waals surface area contributed by atoms with Crippen LogP contribution in [0.4, 0.5) is 5.69 Å². The number of ether oxygens (including phenoxy) is 2. The van der Waals surface area contributed by atoms with Crippen LogP contribution in [0.3, 0.4) is 0 Å². The van der Waals surface area contributed by atoms with Crippen molar-refractivity contribution in [1.82, 2.24) is 5.43 Å².